The molecule has 2 aliphatic rings. The molecular weight excluding hydrogens is 470 g/mol. The topological polar surface area (TPSA) is 71.1 Å². The average Bonchev–Trinajstić information content (AvgIpc) is 2.77. The van der Waals surface area contributed by atoms with Gasteiger partial charge in [-0.2, -0.15) is 0 Å². The van der Waals surface area contributed by atoms with Crippen LogP contribution in [0.3, 0.4) is 0 Å². The van der Waals surface area contributed by atoms with Crippen LogP contribution in [0.25, 0.3) is 0 Å². The number of para-hydroxylation sites is 1. The Hall–Kier alpha value is -1.81. The van der Waals surface area contributed by atoms with Gasteiger partial charge in [-0.15, -0.1) is 0 Å². The zero-order chi connectivity index (χ0) is 21.0. The number of nitrogens with one attached hydrogen (secondary N) is 1. The standard InChI is InChI=1S/C21H26BrN3O4S/c22-17-5-7-18(8-6-17)30(26,27)23-9-2-10-24-11-13-25(14-12-24)19-3-1-4-20-21(19)29-16-15-28-20/h1,3-8,23H,2,9-16H2. The van der Waals surface area contributed by atoms with Crippen molar-refractivity contribution in [2.24, 2.45) is 0 Å². The van der Waals surface area contributed by atoms with Gasteiger partial charge in [0.15, 0.2) is 11.5 Å². The third kappa shape index (κ3) is 5.08. The number of fused-ring (bicyclic) bond motifs is 1. The van der Waals surface area contributed by atoms with Crippen molar-refractivity contribution >= 4 is 31.6 Å². The molecule has 0 radical (unpaired) electrons. The fourth-order valence-corrected chi connectivity index (χ4v) is 5.06. The van der Waals surface area contributed by atoms with E-state index in [4.69, 9.17) is 9.47 Å². The molecular formula is C21H26BrN3O4S. The Balaban J connectivity index is 1.23. The van der Waals surface area contributed by atoms with Gasteiger partial charge in [0.05, 0.1) is 10.6 Å². The fourth-order valence-electron chi connectivity index (χ4n) is 3.73. The number of hydrogen-bond donors (Lipinski definition) is 1. The van der Waals surface area contributed by atoms with Crippen LogP contribution in [0.15, 0.2) is 51.8 Å². The number of hydrogen-bond acceptors (Lipinski definition) is 6. The van der Waals surface area contributed by atoms with E-state index in [-0.39, 0.29) is 4.90 Å². The molecule has 4 rings (SSSR count). The van der Waals surface area contributed by atoms with Gasteiger partial charge in [0.25, 0.3) is 0 Å². The fraction of sp³-hybridized carbons (Fsp3) is 0.429. The Bertz CT molecular complexity index is 961. The summed E-state index contributed by atoms with van der Waals surface area (Å²) in [5, 5.41) is 0. The highest BCUT2D eigenvalue weighted by Crippen LogP contribution is 2.39. The average molecular weight is 496 g/mol. The van der Waals surface area contributed by atoms with Crippen LogP contribution in [0, 0.1) is 0 Å². The SMILES string of the molecule is O=S(=O)(NCCCN1CCN(c2cccc3c2OCCO3)CC1)c1ccc(Br)cc1. The van der Waals surface area contributed by atoms with Gasteiger partial charge in [-0.1, -0.05) is 22.0 Å². The number of benzene rings is 2. The van der Waals surface area contributed by atoms with Gasteiger partial charge in [0.2, 0.25) is 10.0 Å². The summed E-state index contributed by atoms with van der Waals surface area (Å²) in [5.74, 6) is 1.67. The second kappa shape index (κ2) is 9.55. The first-order valence-corrected chi connectivity index (χ1v) is 12.4. The highest BCUT2D eigenvalue weighted by Gasteiger charge is 2.23. The lowest BCUT2D eigenvalue weighted by Crippen LogP contribution is -2.47. The zero-order valence-electron chi connectivity index (χ0n) is 16.7. The van der Waals surface area contributed by atoms with Gasteiger partial charge in [0.1, 0.15) is 13.2 Å². The smallest absolute Gasteiger partial charge is 0.240 e. The van der Waals surface area contributed by atoms with E-state index in [0.29, 0.717) is 19.8 Å². The lowest BCUT2D eigenvalue weighted by Gasteiger charge is -2.37. The number of halogens is 1. The maximum atomic E-state index is 12.3. The molecule has 1 fully saturated rings. The summed E-state index contributed by atoms with van der Waals surface area (Å²) >= 11 is 3.32. The molecule has 30 heavy (non-hydrogen) atoms. The molecule has 0 saturated carbocycles. The van der Waals surface area contributed by atoms with E-state index in [0.717, 1.165) is 60.8 Å². The van der Waals surface area contributed by atoms with Gasteiger partial charge in [0, 0.05) is 37.2 Å². The van der Waals surface area contributed by atoms with Crippen LogP contribution in [-0.4, -0.2) is 65.8 Å². The molecule has 2 aromatic rings. The summed E-state index contributed by atoms with van der Waals surface area (Å²) in [7, 11) is -3.46. The number of nitrogens with zero attached hydrogens (tertiary/aromatic N) is 2. The Morgan fingerprint density at radius 2 is 1.70 bits per heavy atom. The molecule has 2 heterocycles. The number of sulfonamides is 1. The van der Waals surface area contributed by atoms with E-state index < -0.39 is 10.0 Å². The van der Waals surface area contributed by atoms with Crippen molar-refractivity contribution in [1.29, 1.82) is 0 Å². The minimum atomic E-state index is -3.46. The van der Waals surface area contributed by atoms with Gasteiger partial charge in [-0.3, -0.25) is 4.90 Å². The van der Waals surface area contributed by atoms with Crippen molar-refractivity contribution in [3.63, 3.8) is 0 Å². The van der Waals surface area contributed by atoms with E-state index in [1.54, 1.807) is 24.3 Å². The van der Waals surface area contributed by atoms with Crippen LogP contribution in [0.1, 0.15) is 6.42 Å². The summed E-state index contributed by atoms with van der Waals surface area (Å²) in [5.41, 5.74) is 1.09. The maximum absolute atomic E-state index is 12.3. The Kier molecular flexibility index (Phi) is 6.82. The molecule has 162 valence electrons. The first-order chi connectivity index (χ1) is 14.5. The minimum Gasteiger partial charge on any atom is -0.486 e. The Morgan fingerprint density at radius 1 is 0.967 bits per heavy atom. The number of piperazine rings is 1. The second-order valence-electron chi connectivity index (χ2n) is 7.34. The molecule has 0 unspecified atom stereocenters. The van der Waals surface area contributed by atoms with Crippen molar-refractivity contribution in [2.45, 2.75) is 11.3 Å². The molecule has 0 bridgehead atoms. The van der Waals surface area contributed by atoms with Gasteiger partial charge in [-0.25, -0.2) is 13.1 Å². The Labute approximate surface area is 186 Å². The molecule has 2 aromatic carbocycles. The lowest BCUT2D eigenvalue weighted by atomic mass is 10.2. The number of anilines is 1. The van der Waals surface area contributed by atoms with Crippen LogP contribution >= 0.6 is 15.9 Å². The highest BCUT2D eigenvalue weighted by molar-refractivity contribution is 9.10. The third-order valence-corrected chi connectivity index (χ3v) is 7.33. The first-order valence-electron chi connectivity index (χ1n) is 10.1. The molecule has 0 amide bonds. The summed E-state index contributed by atoms with van der Waals surface area (Å²) < 4.78 is 39.8. The predicted octanol–water partition coefficient (Wildman–Crippen LogP) is 2.71. The molecule has 0 aromatic heterocycles. The largest absolute Gasteiger partial charge is 0.486 e. The van der Waals surface area contributed by atoms with Crippen molar-refractivity contribution in [1.82, 2.24) is 9.62 Å². The molecule has 7 nitrogen and oxygen atoms in total. The Morgan fingerprint density at radius 3 is 2.47 bits per heavy atom. The van der Waals surface area contributed by atoms with E-state index >= 15 is 0 Å². The minimum absolute atomic E-state index is 0.289. The molecule has 0 spiro atoms. The summed E-state index contributed by atoms with van der Waals surface area (Å²) in [6.07, 6.45) is 0.771. The van der Waals surface area contributed by atoms with Crippen LogP contribution in [0.4, 0.5) is 5.69 Å². The van der Waals surface area contributed by atoms with Crippen molar-refractivity contribution in [3.05, 3.63) is 46.9 Å². The quantitative estimate of drug-likeness (QED) is 0.595. The van der Waals surface area contributed by atoms with Crippen LogP contribution in [0.5, 0.6) is 11.5 Å². The molecule has 2 aliphatic heterocycles. The van der Waals surface area contributed by atoms with Crippen LogP contribution < -0.4 is 19.1 Å². The summed E-state index contributed by atoms with van der Waals surface area (Å²) in [6, 6.07) is 12.7. The summed E-state index contributed by atoms with van der Waals surface area (Å²) in [6.45, 7) is 6.15. The van der Waals surface area contributed by atoms with Gasteiger partial charge < -0.3 is 14.4 Å². The van der Waals surface area contributed by atoms with Crippen molar-refractivity contribution < 1.29 is 17.9 Å². The van der Waals surface area contributed by atoms with E-state index in [9.17, 15) is 8.42 Å². The molecule has 1 N–H and O–H groups in total. The lowest BCUT2D eigenvalue weighted by molar-refractivity contribution is 0.171. The number of rotatable bonds is 7. The molecule has 0 atom stereocenters. The molecule has 9 heteroatoms. The normalized spacial score (nSPS) is 17.2. The van der Waals surface area contributed by atoms with E-state index in [1.807, 2.05) is 12.1 Å². The predicted molar refractivity (Wildman–Crippen MR) is 120 cm³/mol. The summed E-state index contributed by atoms with van der Waals surface area (Å²) in [4.78, 5) is 4.99. The zero-order valence-corrected chi connectivity index (χ0v) is 19.1. The van der Waals surface area contributed by atoms with Gasteiger partial charge >= 0.3 is 0 Å². The third-order valence-electron chi connectivity index (χ3n) is 5.33. The molecule has 1 saturated heterocycles. The first kappa shape index (κ1) is 21.4. The van der Waals surface area contributed by atoms with Crippen molar-refractivity contribution in [3.8, 4) is 11.5 Å². The van der Waals surface area contributed by atoms with Gasteiger partial charge in [-0.05, 0) is 49.4 Å². The maximum Gasteiger partial charge on any atom is 0.240 e. The van der Waals surface area contributed by atoms with E-state index in [2.05, 4.69) is 36.5 Å². The molecule has 0 aliphatic carbocycles. The number of ether oxygens (including phenoxy) is 2. The second-order valence-corrected chi connectivity index (χ2v) is 10.0. The highest BCUT2D eigenvalue weighted by atomic mass is 79.9. The van der Waals surface area contributed by atoms with Crippen LogP contribution in [-0.2, 0) is 10.0 Å². The van der Waals surface area contributed by atoms with Crippen LogP contribution in [0.2, 0.25) is 0 Å². The van der Waals surface area contributed by atoms with Crippen molar-refractivity contribution in [2.75, 3.05) is 57.4 Å². The monoisotopic (exact) mass is 495 g/mol. The van der Waals surface area contributed by atoms with E-state index in [1.165, 1.54) is 0 Å².